The van der Waals surface area contributed by atoms with E-state index in [0.29, 0.717) is 11.5 Å². The number of phenolic OH excluding ortho intramolecular Hbond substituents is 2. The van der Waals surface area contributed by atoms with Crippen LogP contribution in [0.1, 0.15) is 31.4 Å². The van der Waals surface area contributed by atoms with Crippen LogP contribution in [0.4, 0.5) is 0 Å². The Kier molecular flexibility index (Phi) is 3.79. The Labute approximate surface area is 114 Å². The summed E-state index contributed by atoms with van der Waals surface area (Å²) in [5.74, 6) is 0.655. The lowest BCUT2D eigenvalue weighted by atomic mass is 9.79. The molecule has 2 rings (SSSR count). The van der Waals surface area contributed by atoms with Crippen LogP contribution >= 0.6 is 0 Å². The average Bonchev–Trinajstić information content (AvgIpc) is 2.38. The fraction of sp³-hybridized carbons (Fsp3) is 0.294. The summed E-state index contributed by atoms with van der Waals surface area (Å²) in [7, 11) is 0. The highest BCUT2D eigenvalue weighted by molar-refractivity contribution is 5.37. The fourth-order valence-corrected chi connectivity index (χ4v) is 2.30. The standard InChI is InChI=1S/C17H20O2/c1-17(2,15-5-3-4-6-16(15)19)12-11-13-7-9-14(18)10-8-13/h3-10,18-19H,11-12H2,1-2H3. The first-order chi connectivity index (χ1) is 8.99. The average molecular weight is 256 g/mol. The summed E-state index contributed by atoms with van der Waals surface area (Å²) < 4.78 is 0. The van der Waals surface area contributed by atoms with E-state index in [2.05, 4.69) is 13.8 Å². The Morgan fingerprint density at radius 1 is 0.895 bits per heavy atom. The van der Waals surface area contributed by atoms with Gasteiger partial charge in [-0.05, 0) is 47.6 Å². The summed E-state index contributed by atoms with van der Waals surface area (Å²) in [5.41, 5.74) is 2.10. The van der Waals surface area contributed by atoms with Gasteiger partial charge in [0.05, 0.1) is 0 Å². The van der Waals surface area contributed by atoms with Crippen LogP contribution in [-0.2, 0) is 11.8 Å². The summed E-state index contributed by atoms with van der Waals surface area (Å²) in [6, 6.07) is 14.8. The van der Waals surface area contributed by atoms with Crippen molar-refractivity contribution < 1.29 is 10.2 Å². The third-order valence-electron chi connectivity index (χ3n) is 3.61. The van der Waals surface area contributed by atoms with E-state index < -0.39 is 0 Å². The van der Waals surface area contributed by atoms with E-state index in [4.69, 9.17) is 0 Å². The first kappa shape index (κ1) is 13.5. The van der Waals surface area contributed by atoms with Crippen molar-refractivity contribution in [2.75, 3.05) is 0 Å². The van der Waals surface area contributed by atoms with Crippen molar-refractivity contribution in [3.63, 3.8) is 0 Å². The summed E-state index contributed by atoms with van der Waals surface area (Å²) in [6.45, 7) is 4.28. The van der Waals surface area contributed by atoms with Gasteiger partial charge in [-0.2, -0.15) is 0 Å². The van der Waals surface area contributed by atoms with Crippen molar-refractivity contribution in [3.8, 4) is 11.5 Å². The van der Waals surface area contributed by atoms with Crippen LogP contribution in [-0.4, -0.2) is 10.2 Å². The highest BCUT2D eigenvalue weighted by atomic mass is 16.3. The Morgan fingerprint density at radius 3 is 2.16 bits per heavy atom. The van der Waals surface area contributed by atoms with Crippen molar-refractivity contribution in [1.29, 1.82) is 0 Å². The van der Waals surface area contributed by atoms with E-state index in [0.717, 1.165) is 18.4 Å². The predicted molar refractivity (Wildman–Crippen MR) is 77.6 cm³/mol. The molecule has 2 heteroatoms. The van der Waals surface area contributed by atoms with Crippen molar-refractivity contribution in [1.82, 2.24) is 0 Å². The lowest BCUT2D eigenvalue weighted by Gasteiger charge is -2.26. The summed E-state index contributed by atoms with van der Waals surface area (Å²) in [4.78, 5) is 0. The first-order valence-electron chi connectivity index (χ1n) is 6.55. The van der Waals surface area contributed by atoms with E-state index in [1.807, 2.05) is 30.3 Å². The number of aryl methyl sites for hydroxylation is 1. The van der Waals surface area contributed by atoms with Gasteiger partial charge < -0.3 is 10.2 Å². The summed E-state index contributed by atoms with van der Waals surface area (Å²) in [6.07, 6.45) is 1.86. The molecule has 0 saturated heterocycles. The van der Waals surface area contributed by atoms with Crippen molar-refractivity contribution in [3.05, 3.63) is 59.7 Å². The zero-order valence-electron chi connectivity index (χ0n) is 11.4. The summed E-state index contributed by atoms with van der Waals surface area (Å²) in [5, 5.41) is 19.2. The van der Waals surface area contributed by atoms with Crippen LogP contribution in [0.2, 0.25) is 0 Å². The number of hydrogen-bond acceptors (Lipinski definition) is 2. The molecular weight excluding hydrogens is 236 g/mol. The van der Waals surface area contributed by atoms with E-state index >= 15 is 0 Å². The van der Waals surface area contributed by atoms with Crippen LogP contribution in [0.25, 0.3) is 0 Å². The van der Waals surface area contributed by atoms with Gasteiger partial charge in [0.15, 0.2) is 0 Å². The maximum atomic E-state index is 9.95. The molecule has 0 radical (unpaired) electrons. The summed E-state index contributed by atoms with van der Waals surface area (Å²) >= 11 is 0. The molecule has 0 aliphatic rings. The third-order valence-corrected chi connectivity index (χ3v) is 3.61. The number of phenols is 2. The smallest absolute Gasteiger partial charge is 0.119 e. The van der Waals surface area contributed by atoms with E-state index in [9.17, 15) is 10.2 Å². The normalized spacial score (nSPS) is 11.5. The lowest BCUT2D eigenvalue weighted by molar-refractivity contribution is 0.420. The third kappa shape index (κ3) is 3.28. The molecule has 0 aliphatic carbocycles. The van der Waals surface area contributed by atoms with Crippen LogP contribution in [0.3, 0.4) is 0 Å². The van der Waals surface area contributed by atoms with E-state index in [1.54, 1.807) is 18.2 Å². The van der Waals surface area contributed by atoms with Gasteiger partial charge in [-0.25, -0.2) is 0 Å². The molecule has 0 aromatic heterocycles. The van der Waals surface area contributed by atoms with Gasteiger partial charge in [-0.3, -0.25) is 0 Å². The minimum absolute atomic E-state index is 0.0801. The molecule has 19 heavy (non-hydrogen) atoms. The van der Waals surface area contributed by atoms with Gasteiger partial charge in [0, 0.05) is 0 Å². The number of aromatic hydroxyl groups is 2. The maximum Gasteiger partial charge on any atom is 0.119 e. The number of rotatable bonds is 4. The Bertz CT molecular complexity index is 541. The second-order valence-electron chi connectivity index (χ2n) is 5.57. The van der Waals surface area contributed by atoms with Crippen LogP contribution in [0.15, 0.2) is 48.5 Å². The Hall–Kier alpha value is -1.96. The molecule has 0 saturated carbocycles. The molecule has 0 fully saturated rings. The monoisotopic (exact) mass is 256 g/mol. The zero-order chi connectivity index (χ0) is 13.9. The number of benzene rings is 2. The van der Waals surface area contributed by atoms with Gasteiger partial charge in [0.2, 0.25) is 0 Å². The molecule has 100 valence electrons. The fourth-order valence-electron chi connectivity index (χ4n) is 2.30. The van der Waals surface area contributed by atoms with E-state index in [1.165, 1.54) is 5.56 Å². The molecule has 2 nitrogen and oxygen atoms in total. The highest BCUT2D eigenvalue weighted by Gasteiger charge is 2.23. The van der Waals surface area contributed by atoms with Crippen molar-refractivity contribution in [2.45, 2.75) is 32.1 Å². The zero-order valence-corrected chi connectivity index (χ0v) is 11.4. The number of para-hydroxylation sites is 1. The molecular formula is C17H20O2. The predicted octanol–water partition coefficient (Wildman–Crippen LogP) is 4.01. The topological polar surface area (TPSA) is 40.5 Å². The van der Waals surface area contributed by atoms with E-state index in [-0.39, 0.29) is 5.41 Å². The second-order valence-corrected chi connectivity index (χ2v) is 5.57. The maximum absolute atomic E-state index is 9.95. The van der Waals surface area contributed by atoms with Crippen molar-refractivity contribution in [2.24, 2.45) is 0 Å². The first-order valence-corrected chi connectivity index (χ1v) is 6.55. The van der Waals surface area contributed by atoms with Gasteiger partial charge in [-0.1, -0.05) is 44.2 Å². The molecule has 0 unspecified atom stereocenters. The van der Waals surface area contributed by atoms with Crippen LogP contribution < -0.4 is 0 Å². The molecule has 2 aromatic carbocycles. The molecule has 0 atom stereocenters. The second kappa shape index (κ2) is 5.35. The molecule has 0 spiro atoms. The molecule has 2 N–H and O–H groups in total. The molecule has 0 amide bonds. The van der Waals surface area contributed by atoms with Gasteiger partial charge >= 0.3 is 0 Å². The molecule has 0 bridgehead atoms. The molecule has 0 heterocycles. The van der Waals surface area contributed by atoms with Crippen molar-refractivity contribution >= 4 is 0 Å². The quantitative estimate of drug-likeness (QED) is 0.867. The minimum Gasteiger partial charge on any atom is -0.508 e. The van der Waals surface area contributed by atoms with Gasteiger partial charge in [-0.15, -0.1) is 0 Å². The van der Waals surface area contributed by atoms with Gasteiger partial charge in [0.25, 0.3) is 0 Å². The van der Waals surface area contributed by atoms with Crippen LogP contribution in [0, 0.1) is 0 Å². The van der Waals surface area contributed by atoms with Crippen LogP contribution in [0.5, 0.6) is 11.5 Å². The minimum atomic E-state index is -0.0801. The van der Waals surface area contributed by atoms with Gasteiger partial charge in [0.1, 0.15) is 11.5 Å². The Balaban J connectivity index is 2.09. The molecule has 2 aromatic rings. The largest absolute Gasteiger partial charge is 0.508 e. The SMILES string of the molecule is CC(C)(CCc1ccc(O)cc1)c1ccccc1O. The molecule has 0 aliphatic heterocycles. The highest BCUT2D eigenvalue weighted by Crippen LogP contribution is 2.34. The number of hydrogen-bond donors (Lipinski definition) is 2. The Morgan fingerprint density at radius 2 is 1.53 bits per heavy atom. The lowest BCUT2D eigenvalue weighted by Crippen LogP contribution is -2.18.